The van der Waals surface area contributed by atoms with Crippen molar-refractivity contribution in [2.45, 2.75) is 26.3 Å². The molecule has 0 aromatic carbocycles. The molecule has 0 spiro atoms. The minimum absolute atomic E-state index is 0.0218. The molecule has 1 amide bonds. The van der Waals surface area contributed by atoms with Gasteiger partial charge in [0.25, 0.3) is 5.91 Å². The third kappa shape index (κ3) is 3.70. The second kappa shape index (κ2) is 6.96. The Morgan fingerprint density at radius 2 is 2.28 bits per heavy atom. The number of hydrogen-bond acceptors (Lipinski definition) is 4. The number of carbonyl (C=O) groups excluding carboxylic acids is 1. The van der Waals surface area contributed by atoms with Gasteiger partial charge in [0.05, 0.1) is 23.9 Å². The fourth-order valence-electron chi connectivity index (χ4n) is 1.67. The van der Waals surface area contributed by atoms with E-state index in [1.54, 1.807) is 20.4 Å². The molecule has 1 aromatic heterocycles. The van der Waals surface area contributed by atoms with Crippen LogP contribution < -0.4 is 10.6 Å². The molecule has 1 unspecified atom stereocenters. The maximum Gasteiger partial charge on any atom is 0.255 e. The minimum Gasteiger partial charge on any atom is -0.387 e. The highest BCUT2D eigenvalue weighted by Crippen LogP contribution is 2.15. The van der Waals surface area contributed by atoms with Gasteiger partial charge in [0, 0.05) is 26.0 Å². The second-order valence-electron chi connectivity index (χ2n) is 4.16. The molecule has 1 rings (SSSR count). The summed E-state index contributed by atoms with van der Waals surface area (Å²) < 4.78 is 5.06. The summed E-state index contributed by atoms with van der Waals surface area (Å²) in [4.78, 5) is 16.3. The second-order valence-corrected chi connectivity index (χ2v) is 4.16. The highest BCUT2D eigenvalue weighted by molar-refractivity contribution is 5.99. The van der Waals surface area contributed by atoms with Crippen LogP contribution >= 0.6 is 0 Å². The number of nitrogens with one attached hydrogen (secondary N) is 2. The van der Waals surface area contributed by atoms with E-state index in [9.17, 15) is 4.79 Å². The molecular weight excluding hydrogens is 230 g/mol. The number of carbonyl (C=O) groups is 1. The number of rotatable bonds is 6. The van der Waals surface area contributed by atoms with E-state index in [1.807, 2.05) is 19.9 Å². The SMILES string of the molecule is CCC(COC)NC(=O)c1cnc(C)cc1NC. The van der Waals surface area contributed by atoms with Crippen molar-refractivity contribution in [1.82, 2.24) is 10.3 Å². The summed E-state index contributed by atoms with van der Waals surface area (Å²) in [6, 6.07) is 1.88. The summed E-state index contributed by atoms with van der Waals surface area (Å²) in [5.74, 6) is -0.129. The van der Waals surface area contributed by atoms with Crippen LogP contribution in [0.5, 0.6) is 0 Å². The van der Waals surface area contributed by atoms with E-state index in [0.717, 1.165) is 17.8 Å². The molecule has 0 aliphatic heterocycles. The van der Waals surface area contributed by atoms with Gasteiger partial charge in [0.2, 0.25) is 0 Å². The van der Waals surface area contributed by atoms with Gasteiger partial charge >= 0.3 is 0 Å². The number of methoxy groups -OCH3 is 1. The van der Waals surface area contributed by atoms with Crippen molar-refractivity contribution in [3.63, 3.8) is 0 Å². The van der Waals surface area contributed by atoms with Gasteiger partial charge in [-0.25, -0.2) is 0 Å². The number of pyridine rings is 1. The summed E-state index contributed by atoms with van der Waals surface area (Å²) in [5, 5.41) is 5.94. The number of aromatic nitrogens is 1. The first kappa shape index (κ1) is 14.4. The molecule has 0 bridgehead atoms. The Bertz CT molecular complexity index is 407. The van der Waals surface area contributed by atoms with E-state index in [-0.39, 0.29) is 11.9 Å². The van der Waals surface area contributed by atoms with E-state index in [4.69, 9.17) is 4.74 Å². The third-order valence-electron chi connectivity index (χ3n) is 2.75. The molecule has 1 aromatic rings. The van der Waals surface area contributed by atoms with E-state index in [1.165, 1.54) is 0 Å². The first-order valence-corrected chi connectivity index (χ1v) is 6.06. The van der Waals surface area contributed by atoms with Crippen molar-refractivity contribution in [3.8, 4) is 0 Å². The Hall–Kier alpha value is -1.62. The number of amides is 1. The standard InChI is InChI=1S/C13H21N3O2/c1-5-10(8-18-4)16-13(17)11-7-15-9(2)6-12(11)14-3/h6-7,10H,5,8H2,1-4H3,(H,14,15)(H,16,17). The highest BCUT2D eigenvalue weighted by Gasteiger charge is 2.15. The van der Waals surface area contributed by atoms with Crippen molar-refractivity contribution in [3.05, 3.63) is 23.5 Å². The predicted octanol–water partition coefficient (Wildman–Crippen LogP) is 1.59. The predicted molar refractivity (Wildman–Crippen MR) is 71.9 cm³/mol. The average molecular weight is 251 g/mol. The van der Waals surface area contributed by atoms with Crippen molar-refractivity contribution in [1.29, 1.82) is 0 Å². The van der Waals surface area contributed by atoms with Crippen LogP contribution in [0.1, 0.15) is 29.4 Å². The van der Waals surface area contributed by atoms with E-state index in [0.29, 0.717) is 12.2 Å². The Kier molecular flexibility index (Phi) is 5.58. The monoisotopic (exact) mass is 251 g/mol. The van der Waals surface area contributed by atoms with Crippen LogP contribution in [-0.4, -0.2) is 37.7 Å². The van der Waals surface area contributed by atoms with Crippen molar-refractivity contribution in [2.24, 2.45) is 0 Å². The van der Waals surface area contributed by atoms with Crippen LogP contribution in [0.3, 0.4) is 0 Å². The number of ether oxygens (including phenoxy) is 1. The topological polar surface area (TPSA) is 63.2 Å². The van der Waals surface area contributed by atoms with Gasteiger partial charge in [-0.2, -0.15) is 0 Å². The number of hydrogen-bond donors (Lipinski definition) is 2. The maximum atomic E-state index is 12.1. The lowest BCUT2D eigenvalue weighted by molar-refractivity contribution is 0.0895. The van der Waals surface area contributed by atoms with Crippen LogP contribution in [0.25, 0.3) is 0 Å². The molecule has 0 radical (unpaired) electrons. The molecule has 100 valence electrons. The fourth-order valence-corrected chi connectivity index (χ4v) is 1.67. The van der Waals surface area contributed by atoms with Gasteiger partial charge in [0.15, 0.2) is 0 Å². The minimum atomic E-state index is -0.129. The van der Waals surface area contributed by atoms with Crippen LogP contribution in [0.4, 0.5) is 5.69 Å². The third-order valence-corrected chi connectivity index (χ3v) is 2.75. The number of anilines is 1. The van der Waals surface area contributed by atoms with E-state index >= 15 is 0 Å². The van der Waals surface area contributed by atoms with Gasteiger partial charge in [-0.05, 0) is 19.4 Å². The van der Waals surface area contributed by atoms with Gasteiger partial charge in [-0.3, -0.25) is 9.78 Å². The zero-order valence-electron chi connectivity index (χ0n) is 11.4. The fraction of sp³-hybridized carbons (Fsp3) is 0.538. The molecule has 1 atom stereocenters. The lowest BCUT2D eigenvalue weighted by Gasteiger charge is -2.17. The van der Waals surface area contributed by atoms with Gasteiger partial charge in [-0.15, -0.1) is 0 Å². The van der Waals surface area contributed by atoms with Crippen LogP contribution in [0, 0.1) is 6.92 Å². The number of aryl methyl sites for hydroxylation is 1. The molecule has 5 nitrogen and oxygen atoms in total. The van der Waals surface area contributed by atoms with E-state index < -0.39 is 0 Å². The Morgan fingerprint density at radius 1 is 1.56 bits per heavy atom. The van der Waals surface area contributed by atoms with Crippen molar-refractivity contribution in [2.75, 3.05) is 26.1 Å². The molecule has 2 N–H and O–H groups in total. The molecule has 0 aliphatic rings. The average Bonchev–Trinajstić information content (AvgIpc) is 2.37. The summed E-state index contributed by atoms with van der Waals surface area (Å²) in [7, 11) is 3.42. The van der Waals surface area contributed by atoms with Gasteiger partial charge in [-0.1, -0.05) is 6.92 Å². The summed E-state index contributed by atoms with van der Waals surface area (Å²) in [6.07, 6.45) is 2.42. The highest BCUT2D eigenvalue weighted by atomic mass is 16.5. The largest absolute Gasteiger partial charge is 0.387 e. The number of nitrogens with zero attached hydrogens (tertiary/aromatic N) is 1. The van der Waals surface area contributed by atoms with Gasteiger partial charge < -0.3 is 15.4 Å². The quantitative estimate of drug-likeness (QED) is 0.806. The van der Waals surface area contributed by atoms with Crippen LogP contribution in [-0.2, 0) is 4.74 Å². The zero-order chi connectivity index (χ0) is 13.5. The molecule has 0 fully saturated rings. The molecule has 5 heteroatoms. The molecule has 0 aliphatic carbocycles. The van der Waals surface area contributed by atoms with Crippen molar-refractivity contribution < 1.29 is 9.53 Å². The molecule has 18 heavy (non-hydrogen) atoms. The Balaban J connectivity index is 2.83. The van der Waals surface area contributed by atoms with E-state index in [2.05, 4.69) is 15.6 Å². The van der Waals surface area contributed by atoms with Crippen LogP contribution in [0.2, 0.25) is 0 Å². The summed E-state index contributed by atoms with van der Waals surface area (Å²) in [6.45, 7) is 4.41. The molecule has 0 saturated heterocycles. The summed E-state index contributed by atoms with van der Waals surface area (Å²) >= 11 is 0. The van der Waals surface area contributed by atoms with Crippen LogP contribution in [0.15, 0.2) is 12.3 Å². The zero-order valence-corrected chi connectivity index (χ0v) is 11.4. The molecular formula is C13H21N3O2. The summed E-state index contributed by atoms with van der Waals surface area (Å²) in [5.41, 5.74) is 2.21. The Morgan fingerprint density at radius 3 is 2.83 bits per heavy atom. The Labute approximate surface area is 108 Å². The normalized spacial score (nSPS) is 12.0. The maximum absolute atomic E-state index is 12.1. The lowest BCUT2D eigenvalue weighted by atomic mass is 10.1. The first-order valence-electron chi connectivity index (χ1n) is 6.06. The molecule has 1 heterocycles. The molecule has 0 saturated carbocycles. The lowest BCUT2D eigenvalue weighted by Crippen LogP contribution is -2.37. The first-order chi connectivity index (χ1) is 8.62. The van der Waals surface area contributed by atoms with Gasteiger partial charge in [0.1, 0.15) is 0 Å². The van der Waals surface area contributed by atoms with Crippen molar-refractivity contribution >= 4 is 11.6 Å². The smallest absolute Gasteiger partial charge is 0.255 e.